The maximum Gasteiger partial charge on any atom is 0.321 e. The number of halogens is 1. The summed E-state index contributed by atoms with van der Waals surface area (Å²) in [5.41, 5.74) is 3.18. The second kappa shape index (κ2) is 10.2. The zero-order chi connectivity index (χ0) is 21.6. The number of ether oxygens (including phenoxy) is 2. The summed E-state index contributed by atoms with van der Waals surface area (Å²) in [6.45, 7) is 0.816. The molecular weight excluding hydrogens is 478 g/mol. The van der Waals surface area contributed by atoms with Gasteiger partial charge in [-0.05, 0) is 45.3 Å². The van der Waals surface area contributed by atoms with E-state index >= 15 is 0 Å². The van der Waals surface area contributed by atoms with E-state index in [9.17, 15) is 4.79 Å². The number of benzene rings is 3. The first-order valence-electron chi connectivity index (χ1n) is 9.92. The van der Waals surface area contributed by atoms with Gasteiger partial charge < -0.3 is 14.6 Å². The highest BCUT2D eigenvalue weighted by Gasteiger charge is 2.30. The molecule has 1 fully saturated rings. The Hall–Kier alpha value is -2.48. The first-order chi connectivity index (χ1) is 15.1. The van der Waals surface area contributed by atoms with Crippen LogP contribution in [0.5, 0.6) is 11.5 Å². The molecule has 0 aliphatic carbocycles. The fourth-order valence-corrected chi connectivity index (χ4v) is 5.09. The third-order valence-electron chi connectivity index (χ3n) is 4.91. The van der Waals surface area contributed by atoms with Crippen LogP contribution < -0.4 is 14.8 Å². The van der Waals surface area contributed by atoms with Crippen LogP contribution in [0.1, 0.15) is 10.9 Å². The lowest BCUT2D eigenvalue weighted by molar-refractivity contribution is -0.138. The molecular formula is C24H22BrNO4S. The predicted octanol–water partition coefficient (Wildman–Crippen LogP) is 5.36. The molecule has 0 bridgehead atoms. The number of hydrogen-bond acceptors (Lipinski definition) is 5. The number of carbonyl (C=O) groups is 1. The van der Waals surface area contributed by atoms with E-state index in [2.05, 4.69) is 33.4 Å². The molecule has 2 atom stereocenters. The Labute approximate surface area is 193 Å². The van der Waals surface area contributed by atoms with Crippen LogP contribution in [0, 0.1) is 0 Å². The van der Waals surface area contributed by atoms with Gasteiger partial charge in [0.25, 0.3) is 0 Å². The maximum absolute atomic E-state index is 11.1. The van der Waals surface area contributed by atoms with Crippen molar-refractivity contribution in [3.8, 4) is 22.6 Å². The molecule has 4 rings (SSSR count). The van der Waals surface area contributed by atoms with E-state index in [0.717, 1.165) is 32.7 Å². The monoisotopic (exact) mass is 499 g/mol. The standard InChI is InChI=1S/C24H22BrNO4S/c25-19-14-17(23-26-20(15-31-23)24(27)28)10-11-22(19)30-13-12-29-21-9-5-4-8-18(21)16-6-2-1-3-7-16/h1-11,14,20,23,26H,12-13,15H2,(H,27,28). The molecule has 0 amide bonds. The van der Waals surface area contributed by atoms with E-state index in [1.165, 1.54) is 0 Å². The molecule has 2 unspecified atom stereocenters. The summed E-state index contributed by atoms with van der Waals surface area (Å²) >= 11 is 5.15. The molecule has 7 heteroatoms. The van der Waals surface area contributed by atoms with Crippen LogP contribution in [0.4, 0.5) is 0 Å². The molecule has 1 aliphatic rings. The number of thioether (sulfide) groups is 1. The minimum Gasteiger partial charge on any atom is -0.489 e. The summed E-state index contributed by atoms with van der Waals surface area (Å²) in [6.07, 6.45) is 0. The highest BCUT2D eigenvalue weighted by atomic mass is 79.9. The zero-order valence-corrected chi connectivity index (χ0v) is 19.1. The molecule has 1 saturated heterocycles. The highest BCUT2D eigenvalue weighted by Crippen LogP contribution is 2.36. The molecule has 31 heavy (non-hydrogen) atoms. The van der Waals surface area contributed by atoms with Crippen LogP contribution in [-0.2, 0) is 4.79 Å². The van der Waals surface area contributed by atoms with Gasteiger partial charge in [-0.15, -0.1) is 11.8 Å². The van der Waals surface area contributed by atoms with Crippen molar-refractivity contribution in [1.29, 1.82) is 0 Å². The lowest BCUT2D eigenvalue weighted by Crippen LogP contribution is -2.33. The molecule has 3 aromatic carbocycles. The topological polar surface area (TPSA) is 67.8 Å². The molecule has 160 valence electrons. The van der Waals surface area contributed by atoms with E-state index in [1.54, 1.807) is 11.8 Å². The van der Waals surface area contributed by atoms with Crippen LogP contribution in [0.3, 0.4) is 0 Å². The smallest absolute Gasteiger partial charge is 0.321 e. The molecule has 1 aliphatic heterocycles. The van der Waals surface area contributed by atoms with Gasteiger partial charge in [0.15, 0.2) is 0 Å². The quantitative estimate of drug-likeness (QED) is 0.406. The first kappa shape index (κ1) is 21.7. The van der Waals surface area contributed by atoms with E-state index in [4.69, 9.17) is 14.6 Å². The Kier molecular flexibility index (Phi) is 7.17. The lowest BCUT2D eigenvalue weighted by Gasteiger charge is -2.15. The van der Waals surface area contributed by atoms with Crippen LogP contribution in [-0.4, -0.2) is 36.1 Å². The van der Waals surface area contributed by atoms with Crippen molar-refractivity contribution >= 4 is 33.7 Å². The highest BCUT2D eigenvalue weighted by molar-refractivity contribution is 9.10. The van der Waals surface area contributed by atoms with Gasteiger partial charge in [-0.3, -0.25) is 10.1 Å². The molecule has 1 heterocycles. The van der Waals surface area contributed by atoms with Crippen molar-refractivity contribution in [3.05, 3.63) is 82.8 Å². The molecule has 5 nitrogen and oxygen atoms in total. The van der Waals surface area contributed by atoms with Gasteiger partial charge in [0.05, 0.1) is 9.85 Å². The second-order valence-electron chi connectivity index (χ2n) is 7.02. The van der Waals surface area contributed by atoms with Gasteiger partial charge in [0, 0.05) is 11.3 Å². The van der Waals surface area contributed by atoms with Crippen LogP contribution in [0.25, 0.3) is 11.1 Å². The Morgan fingerprint density at radius 3 is 2.42 bits per heavy atom. The average molecular weight is 500 g/mol. The molecule has 0 radical (unpaired) electrons. The number of carboxylic acid groups (broad SMARTS) is 1. The molecule has 3 aromatic rings. The van der Waals surface area contributed by atoms with Crippen molar-refractivity contribution in [3.63, 3.8) is 0 Å². The van der Waals surface area contributed by atoms with Gasteiger partial charge in [-0.1, -0.05) is 54.6 Å². The number of rotatable bonds is 8. The van der Waals surface area contributed by atoms with Crippen molar-refractivity contribution in [2.45, 2.75) is 11.4 Å². The number of carboxylic acids is 1. The number of nitrogens with one attached hydrogen (secondary N) is 1. The van der Waals surface area contributed by atoms with Gasteiger partial charge in [0.1, 0.15) is 30.8 Å². The summed E-state index contributed by atoms with van der Waals surface area (Å²) in [7, 11) is 0. The fraction of sp³-hybridized carbons (Fsp3) is 0.208. The summed E-state index contributed by atoms with van der Waals surface area (Å²) < 4.78 is 12.7. The van der Waals surface area contributed by atoms with E-state index in [1.807, 2.05) is 60.7 Å². The Balaban J connectivity index is 1.32. The van der Waals surface area contributed by atoms with Gasteiger partial charge in [0.2, 0.25) is 0 Å². The minimum atomic E-state index is -0.817. The summed E-state index contributed by atoms with van der Waals surface area (Å²) in [5, 5.41) is 12.2. The van der Waals surface area contributed by atoms with Gasteiger partial charge in [-0.25, -0.2) is 0 Å². The summed E-state index contributed by atoms with van der Waals surface area (Å²) in [5.74, 6) is 1.28. The summed E-state index contributed by atoms with van der Waals surface area (Å²) in [6, 6.07) is 23.4. The fourth-order valence-electron chi connectivity index (χ4n) is 3.36. The Morgan fingerprint density at radius 2 is 1.71 bits per heavy atom. The van der Waals surface area contributed by atoms with E-state index in [-0.39, 0.29) is 5.37 Å². The SMILES string of the molecule is O=C(O)C1CSC(c2ccc(OCCOc3ccccc3-c3ccccc3)c(Br)c2)N1. The first-order valence-corrected chi connectivity index (χ1v) is 11.8. The third kappa shape index (κ3) is 5.42. The zero-order valence-electron chi connectivity index (χ0n) is 16.7. The van der Waals surface area contributed by atoms with Crippen molar-refractivity contribution < 1.29 is 19.4 Å². The van der Waals surface area contributed by atoms with Crippen molar-refractivity contribution in [2.24, 2.45) is 0 Å². The lowest BCUT2D eigenvalue weighted by atomic mass is 10.1. The van der Waals surface area contributed by atoms with Gasteiger partial charge >= 0.3 is 5.97 Å². The van der Waals surface area contributed by atoms with Crippen LogP contribution in [0.15, 0.2) is 77.3 Å². The van der Waals surface area contributed by atoms with E-state index < -0.39 is 12.0 Å². The molecule has 0 spiro atoms. The second-order valence-corrected chi connectivity index (χ2v) is 9.01. The van der Waals surface area contributed by atoms with Crippen LogP contribution in [0.2, 0.25) is 0 Å². The predicted molar refractivity (Wildman–Crippen MR) is 127 cm³/mol. The van der Waals surface area contributed by atoms with Crippen LogP contribution >= 0.6 is 27.7 Å². The van der Waals surface area contributed by atoms with E-state index in [0.29, 0.717) is 19.0 Å². The maximum atomic E-state index is 11.1. The Bertz CT molecular complexity index is 1050. The van der Waals surface area contributed by atoms with Gasteiger partial charge in [-0.2, -0.15) is 0 Å². The molecule has 0 saturated carbocycles. The molecule has 0 aromatic heterocycles. The minimum absolute atomic E-state index is 0.0377. The van der Waals surface area contributed by atoms with Crippen molar-refractivity contribution in [2.75, 3.05) is 19.0 Å². The number of hydrogen-bond donors (Lipinski definition) is 2. The Morgan fingerprint density at radius 1 is 1.00 bits per heavy atom. The third-order valence-corrected chi connectivity index (χ3v) is 6.80. The molecule has 2 N–H and O–H groups in total. The number of para-hydroxylation sites is 1. The number of aliphatic carboxylic acids is 1. The van der Waals surface area contributed by atoms with Crippen molar-refractivity contribution in [1.82, 2.24) is 5.32 Å². The largest absolute Gasteiger partial charge is 0.489 e. The summed E-state index contributed by atoms with van der Waals surface area (Å²) in [4.78, 5) is 11.1. The average Bonchev–Trinajstić information content (AvgIpc) is 3.29. The normalized spacial score (nSPS) is 18.0.